The lowest BCUT2D eigenvalue weighted by Gasteiger charge is -2.41. The van der Waals surface area contributed by atoms with E-state index in [2.05, 4.69) is 5.92 Å². The number of hydrogen-bond donors (Lipinski definition) is 0. The minimum Gasteiger partial charge on any atom is -0.457 e. The van der Waals surface area contributed by atoms with Crippen LogP contribution in [0.3, 0.4) is 0 Å². The predicted octanol–water partition coefficient (Wildman–Crippen LogP) is -0.414. The zero-order valence-electron chi connectivity index (χ0n) is 12.3. The van der Waals surface area contributed by atoms with Crippen LogP contribution in [0.25, 0.3) is 0 Å². The van der Waals surface area contributed by atoms with Gasteiger partial charge in [0.25, 0.3) is 0 Å². The summed E-state index contributed by atoms with van der Waals surface area (Å²) in [5.74, 6) is -1.08. The summed E-state index contributed by atoms with van der Waals surface area (Å²) < 4.78 is 20.2. The van der Waals surface area contributed by atoms with Crippen molar-refractivity contribution in [1.82, 2.24) is 0 Å². The normalized spacial score (nSPS) is 30.5. The highest BCUT2D eigenvalue weighted by atomic mass is 16.7. The van der Waals surface area contributed by atoms with E-state index in [1.54, 1.807) is 0 Å². The summed E-state index contributed by atoms with van der Waals surface area (Å²) in [6.07, 6.45) is 0.804. The monoisotopic (exact) mass is 312 g/mol. The van der Waals surface area contributed by atoms with Gasteiger partial charge in [-0.1, -0.05) is 5.92 Å². The number of terminal acetylenes is 1. The molecular weight excluding hydrogens is 296 g/mol. The molecule has 2 unspecified atom stereocenters. The van der Waals surface area contributed by atoms with Crippen LogP contribution in [0, 0.1) is 18.3 Å². The van der Waals surface area contributed by atoms with E-state index in [1.165, 1.54) is 0 Å². The second kappa shape index (κ2) is 7.56. The molecule has 0 aliphatic carbocycles. The topological polar surface area (TPSA) is 105 Å². The molecule has 5 atom stereocenters. The number of hydrogen-bond acceptors (Lipinski definition) is 8. The van der Waals surface area contributed by atoms with Crippen molar-refractivity contribution in [3.05, 3.63) is 0 Å². The maximum Gasteiger partial charge on any atom is 0.304 e. The molecule has 0 bridgehead atoms. The van der Waals surface area contributed by atoms with Gasteiger partial charge in [0.15, 0.2) is 18.3 Å². The minimum atomic E-state index is -1.34. The average Bonchev–Trinajstić information content (AvgIpc) is 2.39. The molecular formula is C14H16O8. The van der Waals surface area contributed by atoms with Crippen molar-refractivity contribution in [3.63, 3.8) is 0 Å². The highest BCUT2D eigenvalue weighted by molar-refractivity contribution is 5.69. The van der Waals surface area contributed by atoms with Crippen molar-refractivity contribution in [2.45, 2.75) is 45.4 Å². The van der Waals surface area contributed by atoms with Crippen LogP contribution in [0.1, 0.15) is 20.8 Å². The lowest BCUT2D eigenvalue weighted by molar-refractivity contribution is -0.260. The summed E-state index contributed by atoms with van der Waals surface area (Å²) in [5.41, 5.74) is 0. The second-order valence-electron chi connectivity index (χ2n) is 4.56. The SMILES string of the molecule is C#C[C@@H]1OC(OC(C)=O)[C@@H](C=O)C(OC(C)=O)[C@@H]1OC(C)=O. The zero-order chi connectivity index (χ0) is 16.9. The van der Waals surface area contributed by atoms with Crippen LogP contribution in [0.15, 0.2) is 0 Å². The van der Waals surface area contributed by atoms with Crippen molar-refractivity contribution in [2.24, 2.45) is 5.92 Å². The van der Waals surface area contributed by atoms with Crippen LogP contribution in [0.2, 0.25) is 0 Å². The number of ether oxygens (including phenoxy) is 4. The van der Waals surface area contributed by atoms with E-state index in [0.29, 0.717) is 6.29 Å². The Kier molecular flexibility index (Phi) is 6.07. The highest BCUT2D eigenvalue weighted by Crippen LogP contribution is 2.30. The van der Waals surface area contributed by atoms with Gasteiger partial charge in [-0.15, -0.1) is 6.42 Å². The van der Waals surface area contributed by atoms with Gasteiger partial charge < -0.3 is 23.7 Å². The standard InChI is InChI=1S/C14H16O8/c1-5-11-13(20-8(3)17)12(19-7(2)16)10(6-15)14(22-11)21-9(4)18/h1,6,10-14H,2-4H3/t10-,11-,12?,13+,14?/m0/s1. The van der Waals surface area contributed by atoms with Crippen LogP contribution >= 0.6 is 0 Å². The van der Waals surface area contributed by atoms with Crippen LogP contribution in [0.5, 0.6) is 0 Å². The van der Waals surface area contributed by atoms with E-state index < -0.39 is 48.4 Å². The number of carbonyl (C=O) groups is 4. The summed E-state index contributed by atoms with van der Waals surface area (Å²) in [6, 6.07) is 0. The van der Waals surface area contributed by atoms with Crippen molar-refractivity contribution < 1.29 is 38.1 Å². The summed E-state index contributed by atoms with van der Waals surface area (Å²) in [6.45, 7) is 3.37. The molecule has 0 saturated carbocycles. The Morgan fingerprint density at radius 2 is 1.50 bits per heavy atom. The van der Waals surface area contributed by atoms with E-state index >= 15 is 0 Å². The summed E-state index contributed by atoms with van der Waals surface area (Å²) in [4.78, 5) is 44.9. The van der Waals surface area contributed by atoms with Gasteiger partial charge >= 0.3 is 17.9 Å². The molecule has 0 amide bonds. The largest absolute Gasteiger partial charge is 0.457 e. The van der Waals surface area contributed by atoms with Crippen molar-refractivity contribution in [1.29, 1.82) is 0 Å². The maximum atomic E-state index is 11.3. The van der Waals surface area contributed by atoms with Crippen molar-refractivity contribution in [3.8, 4) is 12.3 Å². The minimum absolute atomic E-state index is 0.393. The Morgan fingerprint density at radius 1 is 1.00 bits per heavy atom. The fraction of sp³-hybridized carbons (Fsp3) is 0.571. The Labute approximate surface area is 127 Å². The lowest BCUT2D eigenvalue weighted by Crippen LogP contribution is -2.58. The quantitative estimate of drug-likeness (QED) is 0.298. The maximum absolute atomic E-state index is 11.3. The molecule has 1 fully saturated rings. The molecule has 0 aromatic heterocycles. The van der Waals surface area contributed by atoms with E-state index in [9.17, 15) is 19.2 Å². The van der Waals surface area contributed by atoms with E-state index in [1.807, 2.05) is 0 Å². The third kappa shape index (κ3) is 4.30. The molecule has 120 valence electrons. The number of esters is 3. The molecule has 22 heavy (non-hydrogen) atoms. The van der Waals surface area contributed by atoms with E-state index in [-0.39, 0.29) is 0 Å². The smallest absolute Gasteiger partial charge is 0.304 e. The molecule has 0 aromatic carbocycles. The number of rotatable bonds is 4. The van der Waals surface area contributed by atoms with Crippen molar-refractivity contribution >= 4 is 24.2 Å². The lowest BCUT2D eigenvalue weighted by atomic mass is 9.91. The summed E-state index contributed by atoms with van der Waals surface area (Å²) >= 11 is 0. The van der Waals surface area contributed by atoms with Crippen LogP contribution in [-0.2, 0) is 38.1 Å². The van der Waals surface area contributed by atoms with Crippen LogP contribution in [0.4, 0.5) is 0 Å². The number of aldehydes is 1. The average molecular weight is 312 g/mol. The first-order chi connectivity index (χ1) is 10.3. The molecule has 0 N–H and O–H groups in total. The fourth-order valence-electron chi connectivity index (χ4n) is 2.06. The first-order valence-corrected chi connectivity index (χ1v) is 6.38. The molecule has 8 heteroatoms. The Morgan fingerprint density at radius 3 is 1.91 bits per heavy atom. The van der Waals surface area contributed by atoms with Gasteiger partial charge in [-0.25, -0.2) is 0 Å². The van der Waals surface area contributed by atoms with Crippen LogP contribution < -0.4 is 0 Å². The van der Waals surface area contributed by atoms with Gasteiger partial charge in [0.05, 0.1) is 0 Å². The van der Waals surface area contributed by atoms with E-state index in [4.69, 9.17) is 25.4 Å². The van der Waals surface area contributed by atoms with Crippen molar-refractivity contribution in [2.75, 3.05) is 0 Å². The third-order valence-electron chi connectivity index (χ3n) is 2.80. The zero-order valence-corrected chi connectivity index (χ0v) is 12.3. The van der Waals surface area contributed by atoms with E-state index in [0.717, 1.165) is 20.8 Å². The third-order valence-corrected chi connectivity index (χ3v) is 2.80. The molecule has 0 spiro atoms. The van der Waals surface area contributed by atoms with Gasteiger partial charge in [-0.2, -0.15) is 0 Å². The van der Waals surface area contributed by atoms with Gasteiger partial charge in [-0.05, 0) is 0 Å². The molecule has 0 radical (unpaired) electrons. The first-order valence-electron chi connectivity index (χ1n) is 6.38. The second-order valence-corrected chi connectivity index (χ2v) is 4.56. The Balaban J connectivity index is 3.17. The summed E-state index contributed by atoms with van der Waals surface area (Å²) in [7, 11) is 0. The molecule has 1 aliphatic rings. The highest BCUT2D eigenvalue weighted by Gasteiger charge is 2.50. The molecule has 0 aromatic rings. The summed E-state index contributed by atoms with van der Waals surface area (Å²) in [5, 5.41) is 0. The predicted molar refractivity (Wildman–Crippen MR) is 69.9 cm³/mol. The molecule has 1 rings (SSSR count). The molecule has 8 nitrogen and oxygen atoms in total. The van der Waals surface area contributed by atoms with Crippen LogP contribution in [-0.4, -0.2) is 48.8 Å². The number of carbonyl (C=O) groups excluding carboxylic acids is 4. The Hall–Kier alpha value is -2.40. The first kappa shape index (κ1) is 17.7. The fourth-order valence-corrected chi connectivity index (χ4v) is 2.06. The molecule has 1 heterocycles. The van der Waals surface area contributed by atoms with Gasteiger partial charge in [0, 0.05) is 20.8 Å². The van der Waals surface area contributed by atoms with Gasteiger partial charge in [0.2, 0.25) is 6.29 Å². The molecule has 1 aliphatic heterocycles. The Bertz CT molecular complexity index is 505. The molecule has 1 saturated heterocycles. The van der Waals surface area contributed by atoms with Gasteiger partial charge in [-0.3, -0.25) is 14.4 Å². The van der Waals surface area contributed by atoms with Gasteiger partial charge in [0.1, 0.15) is 12.2 Å².